The molecule has 0 saturated carbocycles. The quantitative estimate of drug-likeness (QED) is 0.293. The lowest BCUT2D eigenvalue weighted by molar-refractivity contribution is 0.496. The Bertz CT molecular complexity index is 1560. The largest absolute Gasteiger partial charge is 0.354 e. The van der Waals surface area contributed by atoms with Crippen LogP contribution in [-0.2, 0) is 29.2 Å². The van der Waals surface area contributed by atoms with Gasteiger partial charge in [0.05, 0.1) is 22.2 Å². The summed E-state index contributed by atoms with van der Waals surface area (Å²) < 4.78 is 29.4. The first-order chi connectivity index (χ1) is 17.9. The van der Waals surface area contributed by atoms with Gasteiger partial charge in [-0.3, -0.25) is 4.57 Å². The standard InChI is InChI=1S/C27H36N6O3S/c1-2-3-13-32-17-19(6-10-28)24-5-4-22(16-25(24)32)33-18-20-15-21(30-26(20)31-27(33)34)9-14-37(35,36)23-7-11-29-12-8-23/h4-5,15-18,23,29H,2-3,6-14,28H2,1H3,(H,30,31,34). The van der Waals surface area contributed by atoms with Crippen molar-refractivity contribution in [2.45, 2.75) is 57.2 Å². The summed E-state index contributed by atoms with van der Waals surface area (Å²) in [6.45, 7) is 5.16. The molecule has 3 aromatic heterocycles. The smallest absolute Gasteiger partial charge is 0.347 e. The van der Waals surface area contributed by atoms with Crippen molar-refractivity contribution in [3.63, 3.8) is 0 Å². The molecule has 0 spiro atoms. The number of hydrogen-bond donors (Lipinski definition) is 3. The third kappa shape index (κ3) is 5.37. The number of aromatic amines is 1. The maximum absolute atomic E-state index is 13.0. The number of unbranched alkanes of at least 4 members (excludes halogenated alkanes) is 1. The molecule has 0 amide bonds. The van der Waals surface area contributed by atoms with Gasteiger partial charge in [0, 0.05) is 41.8 Å². The Morgan fingerprint density at radius 1 is 1.14 bits per heavy atom. The number of fused-ring (bicyclic) bond motifs is 2. The maximum atomic E-state index is 13.0. The van der Waals surface area contributed by atoms with Crippen LogP contribution in [0, 0.1) is 0 Å². The summed E-state index contributed by atoms with van der Waals surface area (Å²) in [5, 5.41) is 4.87. The minimum Gasteiger partial charge on any atom is -0.347 e. The monoisotopic (exact) mass is 524 g/mol. The molecular weight excluding hydrogens is 488 g/mol. The van der Waals surface area contributed by atoms with Gasteiger partial charge in [0.1, 0.15) is 5.65 Å². The molecule has 37 heavy (non-hydrogen) atoms. The zero-order valence-corrected chi connectivity index (χ0v) is 22.2. The van der Waals surface area contributed by atoms with Crippen molar-refractivity contribution in [1.82, 2.24) is 24.4 Å². The first kappa shape index (κ1) is 25.7. The molecular formula is C27H36N6O3S. The molecule has 198 valence electrons. The van der Waals surface area contributed by atoms with E-state index in [4.69, 9.17) is 5.73 Å². The highest BCUT2D eigenvalue weighted by Crippen LogP contribution is 2.26. The van der Waals surface area contributed by atoms with Crippen LogP contribution < -0.4 is 16.7 Å². The number of hydrogen-bond acceptors (Lipinski definition) is 6. The number of nitrogens with two attached hydrogens (primary N) is 1. The second-order valence-electron chi connectivity index (χ2n) is 10.00. The van der Waals surface area contributed by atoms with Crippen molar-refractivity contribution >= 4 is 31.8 Å². The van der Waals surface area contributed by atoms with E-state index < -0.39 is 9.84 Å². The van der Waals surface area contributed by atoms with Crippen LogP contribution in [-0.4, -0.2) is 58.2 Å². The Kier molecular flexibility index (Phi) is 7.50. The predicted molar refractivity (Wildman–Crippen MR) is 148 cm³/mol. The van der Waals surface area contributed by atoms with E-state index >= 15 is 0 Å². The van der Waals surface area contributed by atoms with Gasteiger partial charge in [-0.05, 0) is 69.1 Å². The van der Waals surface area contributed by atoms with Gasteiger partial charge in [-0.15, -0.1) is 0 Å². The molecule has 9 nitrogen and oxygen atoms in total. The van der Waals surface area contributed by atoms with E-state index in [1.807, 2.05) is 18.2 Å². The average molecular weight is 525 g/mol. The van der Waals surface area contributed by atoms with Crippen LogP contribution in [0.5, 0.6) is 0 Å². The fourth-order valence-corrected chi connectivity index (χ4v) is 7.11. The number of H-pyrrole nitrogens is 1. The lowest BCUT2D eigenvalue weighted by Gasteiger charge is -2.22. The van der Waals surface area contributed by atoms with Gasteiger partial charge in [0.15, 0.2) is 9.84 Å². The maximum Gasteiger partial charge on any atom is 0.354 e. The first-order valence-electron chi connectivity index (χ1n) is 13.3. The van der Waals surface area contributed by atoms with Crippen molar-refractivity contribution in [3.05, 3.63) is 58.4 Å². The summed E-state index contributed by atoms with van der Waals surface area (Å²) in [5.74, 6) is 0.0886. The molecule has 0 atom stereocenters. The summed E-state index contributed by atoms with van der Waals surface area (Å²) in [5.41, 5.74) is 9.76. The predicted octanol–water partition coefficient (Wildman–Crippen LogP) is 2.68. The van der Waals surface area contributed by atoms with Crippen molar-refractivity contribution in [2.24, 2.45) is 5.73 Å². The number of aryl methyl sites for hydroxylation is 2. The Hall–Kier alpha value is -2.95. The fraction of sp³-hybridized carbons (Fsp3) is 0.481. The molecule has 1 aromatic carbocycles. The zero-order valence-electron chi connectivity index (χ0n) is 21.4. The molecule has 5 rings (SSSR count). The van der Waals surface area contributed by atoms with E-state index in [9.17, 15) is 13.2 Å². The van der Waals surface area contributed by atoms with E-state index in [2.05, 4.69) is 39.0 Å². The summed E-state index contributed by atoms with van der Waals surface area (Å²) in [7, 11) is -3.17. The molecule has 1 saturated heterocycles. The van der Waals surface area contributed by atoms with E-state index in [0.717, 1.165) is 66.6 Å². The Balaban J connectivity index is 1.43. The van der Waals surface area contributed by atoms with Gasteiger partial charge < -0.3 is 20.6 Å². The Morgan fingerprint density at radius 3 is 2.70 bits per heavy atom. The molecule has 0 unspecified atom stereocenters. The fourth-order valence-electron chi connectivity index (χ4n) is 5.32. The molecule has 1 aliphatic heterocycles. The van der Waals surface area contributed by atoms with Gasteiger partial charge in [0.2, 0.25) is 0 Å². The number of piperidine rings is 1. The number of nitrogens with zero attached hydrogens (tertiary/aromatic N) is 3. The van der Waals surface area contributed by atoms with Crippen LogP contribution in [0.1, 0.15) is 43.9 Å². The highest BCUT2D eigenvalue weighted by Gasteiger charge is 2.27. The third-order valence-electron chi connectivity index (χ3n) is 7.41. The number of benzene rings is 1. The average Bonchev–Trinajstić information content (AvgIpc) is 3.46. The van der Waals surface area contributed by atoms with E-state index in [0.29, 0.717) is 31.5 Å². The minimum atomic E-state index is -3.17. The highest BCUT2D eigenvalue weighted by molar-refractivity contribution is 7.92. The van der Waals surface area contributed by atoms with Crippen LogP contribution in [0.4, 0.5) is 0 Å². The zero-order chi connectivity index (χ0) is 26.0. The van der Waals surface area contributed by atoms with Crippen LogP contribution in [0.3, 0.4) is 0 Å². The van der Waals surface area contributed by atoms with Crippen molar-refractivity contribution < 1.29 is 8.42 Å². The van der Waals surface area contributed by atoms with Crippen LogP contribution in [0.2, 0.25) is 0 Å². The number of sulfone groups is 1. The molecule has 1 aliphatic rings. The normalized spacial score (nSPS) is 15.2. The molecule has 4 aromatic rings. The van der Waals surface area contributed by atoms with Gasteiger partial charge in [0.25, 0.3) is 0 Å². The Morgan fingerprint density at radius 2 is 1.95 bits per heavy atom. The summed E-state index contributed by atoms with van der Waals surface area (Å²) in [6, 6.07) is 7.95. The van der Waals surface area contributed by atoms with Crippen molar-refractivity contribution in [1.29, 1.82) is 0 Å². The molecule has 4 heterocycles. The molecule has 0 aliphatic carbocycles. The Labute approximate surface area is 217 Å². The van der Waals surface area contributed by atoms with Gasteiger partial charge in [-0.1, -0.05) is 19.4 Å². The van der Waals surface area contributed by atoms with E-state index in [-0.39, 0.29) is 16.7 Å². The molecule has 10 heteroatoms. The van der Waals surface area contributed by atoms with Gasteiger partial charge in [-0.25, -0.2) is 13.2 Å². The molecule has 4 N–H and O–H groups in total. The molecule has 0 radical (unpaired) electrons. The summed E-state index contributed by atoms with van der Waals surface area (Å²) in [4.78, 5) is 20.4. The number of rotatable bonds is 10. The van der Waals surface area contributed by atoms with Gasteiger partial charge >= 0.3 is 5.69 Å². The second kappa shape index (κ2) is 10.8. The number of aromatic nitrogens is 4. The first-order valence-corrected chi connectivity index (χ1v) is 15.0. The van der Waals surface area contributed by atoms with Crippen LogP contribution in [0.25, 0.3) is 27.6 Å². The van der Waals surface area contributed by atoms with Crippen molar-refractivity contribution in [3.8, 4) is 5.69 Å². The molecule has 1 fully saturated rings. The lowest BCUT2D eigenvalue weighted by Crippen LogP contribution is -2.37. The summed E-state index contributed by atoms with van der Waals surface area (Å²) >= 11 is 0. The lowest BCUT2D eigenvalue weighted by atomic mass is 10.1. The number of nitrogens with one attached hydrogen (secondary N) is 2. The molecule has 0 bridgehead atoms. The summed E-state index contributed by atoms with van der Waals surface area (Å²) in [6.07, 6.45) is 8.64. The van der Waals surface area contributed by atoms with E-state index in [1.165, 1.54) is 5.56 Å². The van der Waals surface area contributed by atoms with Crippen molar-refractivity contribution in [2.75, 3.05) is 25.4 Å². The SMILES string of the molecule is CCCCn1cc(CCN)c2ccc(-n3cc4cc(CCS(=O)(=O)C5CCNCC5)[nH]c4nc3=O)cc21. The minimum absolute atomic E-state index is 0.0886. The highest BCUT2D eigenvalue weighted by atomic mass is 32.2. The van der Waals surface area contributed by atoms with E-state index in [1.54, 1.807) is 10.8 Å². The van der Waals surface area contributed by atoms with Crippen LogP contribution >= 0.6 is 0 Å². The second-order valence-corrected chi connectivity index (χ2v) is 12.4. The van der Waals surface area contributed by atoms with Crippen LogP contribution in [0.15, 0.2) is 41.5 Å². The van der Waals surface area contributed by atoms with Gasteiger partial charge in [-0.2, -0.15) is 4.98 Å². The topological polar surface area (TPSA) is 128 Å². The third-order valence-corrected chi connectivity index (χ3v) is 9.67.